The molecule has 0 saturated carbocycles. The van der Waals surface area contributed by atoms with Crippen molar-refractivity contribution in [3.05, 3.63) is 35.3 Å². The molecule has 2 rings (SSSR count). The van der Waals surface area contributed by atoms with Gasteiger partial charge in [-0.25, -0.2) is 0 Å². The lowest BCUT2D eigenvalue weighted by molar-refractivity contribution is 0.259. The van der Waals surface area contributed by atoms with Crippen LogP contribution in [0.2, 0.25) is 0 Å². The predicted molar refractivity (Wildman–Crippen MR) is 65.1 cm³/mol. The molecule has 0 aromatic carbocycles. The Balaban J connectivity index is 1.96. The average Bonchev–Trinajstić information content (AvgIpc) is 2.70. The van der Waals surface area contributed by atoms with Gasteiger partial charge in [-0.3, -0.25) is 4.90 Å². The minimum atomic E-state index is 0.883. The van der Waals surface area contributed by atoms with Crippen LogP contribution in [0.3, 0.4) is 0 Å². The van der Waals surface area contributed by atoms with Crippen molar-refractivity contribution >= 4 is 0 Å². The second kappa shape index (κ2) is 5.32. The molecule has 3 nitrogen and oxygen atoms in total. The number of rotatable bonds is 4. The maximum absolute atomic E-state index is 5.54. The van der Waals surface area contributed by atoms with Crippen LogP contribution in [-0.4, -0.2) is 25.0 Å². The number of hydrogen-bond donors (Lipinski definition) is 1. The summed E-state index contributed by atoms with van der Waals surface area (Å²) in [6, 6.07) is 2.05. The van der Waals surface area contributed by atoms with Gasteiger partial charge in [-0.1, -0.05) is 11.6 Å². The van der Waals surface area contributed by atoms with Gasteiger partial charge in [0.1, 0.15) is 5.76 Å². The summed E-state index contributed by atoms with van der Waals surface area (Å²) in [6.07, 6.45) is 5.28. The SMILES string of the molecule is CNCc1ccoc1CN1CC=C(C)CC1. The van der Waals surface area contributed by atoms with Gasteiger partial charge in [-0.05, 0) is 26.5 Å². The van der Waals surface area contributed by atoms with Gasteiger partial charge in [-0.15, -0.1) is 0 Å². The summed E-state index contributed by atoms with van der Waals surface area (Å²) >= 11 is 0. The third kappa shape index (κ3) is 2.74. The summed E-state index contributed by atoms with van der Waals surface area (Å²) in [4.78, 5) is 2.42. The first-order chi connectivity index (χ1) is 7.79. The van der Waals surface area contributed by atoms with E-state index < -0.39 is 0 Å². The summed E-state index contributed by atoms with van der Waals surface area (Å²) in [5, 5.41) is 3.16. The van der Waals surface area contributed by atoms with Crippen molar-refractivity contribution in [1.29, 1.82) is 0 Å². The third-order valence-corrected chi connectivity index (χ3v) is 3.09. The minimum absolute atomic E-state index is 0.883. The van der Waals surface area contributed by atoms with Crippen molar-refractivity contribution < 1.29 is 4.42 Å². The number of nitrogens with zero attached hydrogens (tertiary/aromatic N) is 1. The summed E-state index contributed by atoms with van der Waals surface area (Å²) in [5.41, 5.74) is 2.78. The van der Waals surface area contributed by atoms with Crippen molar-refractivity contribution in [2.75, 3.05) is 20.1 Å². The molecule has 88 valence electrons. The van der Waals surface area contributed by atoms with Crippen LogP contribution in [-0.2, 0) is 13.1 Å². The lowest BCUT2D eigenvalue weighted by Gasteiger charge is -2.24. The maximum atomic E-state index is 5.54. The quantitative estimate of drug-likeness (QED) is 0.788. The molecule has 1 aromatic heterocycles. The predicted octanol–water partition coefficient (Wildman–Crippen LogP) is 2.15. The Morgan fingerprint density at radius 3 is 3.06 bits per heavy atom. The monoisotopic (exact) mass is 220 g/mol. The third-order valence-electron chi connectivity index (χ3n) is 3.09. The van der Waals surface area contributed by atoms with Crippen LogP contribution < -0.4 is 5.32 Å². The molecule has 3 heteroatoms. The van der Waals surface area contributed by atoms with Crippen LogP contribution in [0.4, 0.5) is 0 Å². The van der Waals surface area contributed by atoms with E-state index in [0.717, 1.165) is 31.9 Å². The highest BCUT2D eigenvalue weighted by molar-refractivity contribution is 5.17. The van der Waals surface area contributed by atoms with E-state index in [1.165, 1.54) is 17.6 Å². The second-order valence-corrected chi connectivity index (χ2v) is 4.43. The molecule has 0 saturated heterocycles. The molecule has 0 atom stereocenters. The molecule has 1 N–H and O–H groups in total. The Bertz CT molecular complexity index is 368. The van der Waals surface area contributed by atoms with E-state index in [1.54, 1.807) is 6.26 Å². The molecule has 1 aliphatic rings. The topological polar surface area (TPSA) is 28.4 Å². The Morgan fingerprint density at radius 2 is 2.38 bits per heavy atom. The van der Waals surface area contributed by atoms with Gasteiger partial charge in [0.05, 0.1) is 12.8 Å². The Kier molecular flexibility index (Phi) is 3.80. The van der Waals surface area contributed by atoms with Crippen molar-refractivity contribution in [3.63, 3.8) is 0 Å². The largest absolute Gasteiger partial charge is 0.468 e. The van der Waals surface area contributed by atoms with Gasteiger partial charge >= 0.3 is 0 Å². The van der Waals surface area contributed by atoms with E-state index >= 15 is 0 Å². The molecule has 0 bridgehead atoms. The highest BCUT2D eigenvalue weighted by atomic mass is 16.3. The zero-order chi connectivity index (χ0) is 11.4. The van der Waals surface area contributed by atoms with Crippen LogP contribution in [0.5, 0.6) is 0 Å². The Morgan fingerprint density at radius 1 is 1.50 bits per heavy atom. The van der Waals surface area contributed by atoms with E-state index in [-0.39, 0.29) is 0 Å². The fourth-order valence-corrected chi connectivity index (χ4v) is 2.01. The zero-order valence-corrected chi connectivity index (χ0v) is 10.1. The van der Waals surface area contributed by atoms with Gasteiger partial charge in [0.15, 0.2) is 0 Å². The van der Waals surface area contributed by atoms with E-state index in [0.29, 0.717) is 0 Å². The summed E-state index contributed by atoms with van der Waals surface area (Å²) < 4.78 is 5.54. The van der Waals surface area contributed by atoms with Gasteiger partial charge in [0, 0.05) is 25.2 Å². The van der Waals surface area contributed by atoms with Crippen LogP contribution in [0.25, 0.3) is 0 Å². The van der Waals surface area contributed by atoms with Gasteiger partial charge in [0.25, 0.3) is 0 Å². The lowest BCUT2D eigenvalue weighted by atomic mass is 10.1. The van der Waals surface area contributed by atoms with Crippen molar-refractivity contribution in [3.8, 4) is 0 Å². The van der Waals surface area contributed by atoms with Crippen LogP contribution in [0.1, 0.15) is 24.7 Å². The Hall–Kier alpha value is -1.06. The highest BCUT2D eigenvalue weighted by Gasteiger charge is 2.13. The lowest BCUT2D eigenvalue weighted by Crippen LogP contribution is -2.28. The first-order valence-electron chi connectivity index (χ1n) is 5.87. The normalized spacial score (nSPS) is 17.5. The molecule has 2 heterocycles. The molecule has 1 aliphatic heterocycles. The minimum Gasteiger partial charge on any atom is -0.468 e. The zero-order valence-electron chi connectivity index (χ0n) is 10.1. The molecule has 0 spiro atoms. The molecule has 16 heavy (non-hydrogen) atoms. The van der Waals surface area contributed by atoms with Crippen LogP contribution >= 0.6 is 0 Å². The number of furan rings is 1. The van der Waals surface area contributed by atoms with E-state index in [9.17, 15) is 0 Å². The van der Waals surface area contributed by atoms with E-state index in [4.69, 9.17) is 4.42 Å². The van der Waals surface area contributed by atoms with E-state index in [2.05, 4.69) is 29.3 Å². The molecular weight excluding hydrogens is 200 g/mol. The number of nitrogens with one attached hydrogen (secondary N) is 1. The van der Waals surface area contributed by atoms with Crippen LogP contribution in [0, 0.1) is 0 Å². The first kappa shape index (κ1) is 11.4. The molecule has 0 amide bonds. The van der Waals surface area contributed by atoms with Crippen LogP contribution in [0.15, 0.2) is 28.4 Å². The van der Waals surface area contributed by atoms with Gasteiger partial charge < -0.3 is 9.73 Å². The summed E-state index contributed by atoms with van der Waals surface area (Å²) in [7, 11) is 1.96. The second-order valence-electron chi connectivity index (χ2n) is 4.43. The van der Waals surface area contributed by atoms with Crippen molar-refractivity contribution in [1.82, 2.24) is 10.2 Å². The fraction of sp³-hybridized carbons (Fsp3) is 0.538. The van der Waals surface area contributed by atoms with Gasteiger partial charge in [-0.2, -0.15) is 0 Å². The Labute approximate surface area is 97.1 Å². The van der Waals surface area contributed by atoms with Crippen molar-refractivity contribution in [2.24, 2.45) is 0 Å². The molecule has 0 aliphatic carbocycles. The molecule has 0 fully saturated rings. The molecule has 0 radical (unpaired) electrons. The van der Waals surface area contributed by atoms with Gasteiger partial charge in [0.2, 0.25) is 0 Å². The highest BCUT2D eigenvalue weighted by Crippen LogP contribution is 2.16. The molecule has 1 aromatic rings. The molecular formula is C13H20N2O. The standard InChI is InChI=1S/C13H20N2O/c1-11-3-6-15(7-4-11)10-13-12(9-14-2)5-8-16-13/h3,5,8,14H,4,6-7,9-10H2,1-2H3. The van der Waals surface area contributed by atoms with Crippen molar-refractivity contribution in [2.45, 2.75) is 26.4 Å². The molecule has 0 unspecified atom stereocenters. The first-order valence-corrected chi connectivity index (χ1v) is 5.87. The number of hydrogen-bond acceptors (Lipinski definition) is 3. The van der Waals surface area contributed by atoms with E-state index in [1.807, 2.05) is 7.05 Å². The fourth-order valence-electron chi connectivity index (χ4n) is 2.01. The average molecular weight is 220 g/mol. The maximum Gasteiger partial charge on any atom is 0.122 e. The smallest absolute Gasteiger partial charge is 0.122 e. The summed E-state index contributed by atoms with van der Waals surface area (Å²) in [5.74, 6) is 1.10. The summed E-state index contributed by atoms with van der Waals surface area (Å²) in [6.45, 7) is 6.20.